The number of pyridine rings is 1. The lowest BCUT2D eigenvalue weighted by Crippen LogP contribution is -2.01. The molecule has 0 bridgehead atoms. The lowest BCUT2D eigenvalue weighted by atomic mass is 10.3. The third-order valence-electron chi connectivity index (χ3n) is 1.86. The highest BCUT2D eigenvalue weighted by Gasteiger charge is 1.98. The normalized spacial score (nSPS) is 9.93. The molecule has 2 heterocycles. The molecule has 0 saturated carbocycles. The molecule has 0 spiro atoms. The average Bonchev–Trinajstić information content (AvgIpc) is 2.29. The summed E-state index contributed by atoms with van der Waals surface area (Å²) in [6, 6.07) is 1.74. The summed E-state index contributed by atoms with van der Waals surface area (Å²) in [7, 11) is 0. The largest absolute Gasteiger partial charge is 0.378 e. The zero-order valence-corrected chi connectivity index (χ0v) is 8.65. The van der Waals surface area contributed by atoms with Crippen LogP contribution in [0.3, 0.4) is 0 Å². The molecular formula is C10H9ClN4. The Morgan fingerprint density at radius 1 is 1.13 bits per heavy atom. The summed E-state index contributed by atoms with van der Waals surface area (Å²) >= 11 is 5.96. The number of anilines is 1. The van der Waals surface area contributed by atoms with E-state index in [1.807, 2.05) is 0 Å². The van der Waals surface area contributed by atoms with Crippen LogP contribution in [0.5, 0.6) is 0 Å². The summed E-state index contributed by atoms with van der Waals surface area (Å²) in [5.41, 5.74) is 1.81. The Hall–Kier alpha value is -1.68. The van der Waals surface area contributed by atoms with Crippen molar-refractivity contribution in [2.75, 3.05) is 5.32 Å². The Labute approximate surface area is 92.4 Å². The molecule has 2 aromatic heterocycles. The van der Waals surface area contributed by atoms with Gasteiger partial charge >= 0.3 is 0 Å². The quantitative estimate of drug-likeness (QED) is 0.861. The monoisotopic (exact) mass is 220 g/mol. The van der Waals surface area contributed by atoms with Crippen LogP contribution in [0.4, 0.5) is 5.69 Å². The van der Waals surface area contributed by atoms with Gasteiger partial charge in [-0.15, -0.1) is 0 Å². The van der Waals surface area contributed by atoms with Crippen LogP contribution in [-0.4, -0.2) is 15.0 Å². The van der Waals surface area contributed by atoms with Gasteiger partial charge in [0.1, 0.15) is 6.33 Å². The fourth-order valence-electron chi connectivity index (χ4n) is 1.13. The minimum atomic E-state index is 0.631. The maximum atomic E-state index is 5.96. The van der Waals surface area contributed by atoms with Gasteiger partial charge in [0, 0.05) is 30.7 Å². The number of hydrogen-bond acceptors (Lipinski definition) is 4. The molecule has 2 rings (SSSR count). The first-order valence-corrected chi connectivity index (χ1v) is 4.81. The van der Waals surface area contributed by atoms with E-state index in [9.17, 15) is 0 Å². The maximum Gasteiger partial charge on any atom is 0.115 e. The van der Waals surface area contributed by atoms with Crippen LogP contribution in [0.15, 0.2) is 37.2 Å². The van der Waals surface area contributed by atoms with Crippen molar-refractivity contribution in [3.63, 3.8) is 0 Å². The topological polar surface area (TPSA) is 50.7 Å². The molecule has 1 N–H and O–H groups in total. The molecule has 0 aromatic carbocycles. The van der Waals surface area contributed by atoms with Crippen molar-refractivity contribution < 1.29 is 0 Å². The van der Waals surface area contributed by atoms with E-state index < -0.39 is 0 Å². The molecule has 0 atom stereocenters. The molecule has 0 aliphatic heterocycles. The molecular weight excluding hydrogens is 212 g/mol. The number of halogens is 1. The lowest BCUT2D eigenvalue weighted by Gasteiger charge is -2.06. The molecule has 0 unspecified atom stereocenters. The van der Waals surface area contributed by atoms with Gasteiger partial charge in [-0.25, -0.2) is 9.97 Å². The van der Waals surface area contributed by atoms with Crippen LogP contribution >= 0.6 is 11.6 Å². The second-order valence-electron chi connectivity index (χ2n) is 2.96. The Morgan fingerprint density at radius 2 is 1.93 bits per heavy atom. The maximum absolute atomic E-state index is 5.96. The first-order valence-electron chi connectivity index (χ1n) is 4.43. The van der Waals surface area contributed by atoms with Gasteiger partial charge in [-0.1, -0.05) is 11.6 Å². The first kappa shape index (κ1) is 9.86. The van der Waals surface area contributed by atoms with Crippen LogP contribution in [-0.2, 0) is 6.54 Å². The summed E-state index contributed by atoms with van der Waals surface area (Å²) in [4.78, 5) is 11.8. The fraction of sp³-hybridized carbons (Fsp3) is 0.100. The summed E-state index contributed by atoms with van der Waals surface area (Å²) in [5.74, 6) is 0. The van der Waals surface area contributed by atoms with E-state index in [2.05, 4.69) is 20.3 Å². The number of nitrogens with zero attached hydrogens (tertiary/aromatic N) is 3. The molecule has 76 valence electrons. The third-order valence-corrected chi connectivity index (χ3v) is 2.19. The van der Waals surface area contributed by atoms with Gasteiger partial charge < -0.3 is 5.32 Å². The predicted octanol–water partition coefficient (Wildman–Crippen LogP) is 2.14. The molecule has 5 heteroatoms. The summed E-state index contributed by atoms with van der Waals surface area (Å²) in [6.45, 7) is 0.631. The number of hydrogen-bond donors (Lipinski definition) is 1. The van der Waals surface area contributed by atoms with Crippen LogP contribution in [0.1, 0.15) is 5.56 Å². The van der Waals surface area contributed by atoms with Crippen LogP contribution in [0, 0.1) is 0 Å². The average molecular weight is 221 g/mol. The zero-order chi connectivity index (χ0) is 10.5. The lowest BCUT2D eigenvalue weighted by molar-refractivity contribution is 1.05. The molecule has 0 saturated heterocycles. The molecule has 2 aromatic rings. The van der Waals surface area contributed by atoms with Gasteiger partial charge in [-0.2, -0.15) is 0 Å². The van der Waals surface area contributed by atoms with E-state index in [1.54, 1.807) is 30.9 Å². The standard InChI is InChI=1S/C10H9ClN4/c11-9-1-2-12-6-10(9)15-5-8-3-13-7-14-4-8/h1-4,6-7,15H,5H2. The summed E-state index contributed by atoms with van der Waals surface area (Å²) in [6.07, 6.45) is 8.35. The second-order valence-corrected chi connectivity index (χ2v) is 3.36. The number of rotatable bonds is 3. The Balaban J connectivity index is 2.03. The fourth-order valence-corrected chi connectivity index (χ4v) is 1.30. The van der Waals surface area contributed by atoms with Crippen molar-refractivity contribution >= 4 is 17.3 Å². The minimum Gasteiger partial charge on any atom is -0.378 e. The van der Waals surface area contributed by atoms with Crippen LogP contribution in [0.2, 0.25) is 5.02 Å². The minimum absolute atomic E-state index is 0.631. The van der Waals surface area contributed by atoms with Gasteiger partial charge in [0.15, 0.2) is 0 Å². The van der Waals surface area contributed by atoms with Crippen molar-refractivity contribution in [3.8, 4) is 0 Å². The van der Waals surface area contributed by atoms with E-state index in [1.165, 1.54) is 6.33 Å². The number of nitrogens with one attached hydrogen (secondary N) is 1. The molecule has 0 fully saturated rings. The highest BCUT2D eigenvalue weighted by Crippen LogP contribution is 2.19. The molecule has 4 nitrogen and oxygen atoms in total. The van der Waals surface area contributed by atoms with Crippen molar-refractivity contribution in [2.24, 2.45) is 0 Å². The first-order chi connectivity index (χ1) is 7.36. The van der Waals surface area contributed by atoms with E-state index in [0.717, 1.165) is 11.3 Å². The smallest absolute Gasteiger partial charge is 0.115 e. The molecule has 0 amide bonds. The second kappa shape index (κ2) is 4.70. The van der Waals surface area contributed by atoms with E-state index >= 15 is 0 Å². The molecule has 0 aliphatic rings. The number of aromatic nitrogens is 3. The van der Waals surface area contributed by atoms with Crippen molar-refractivity contribution in [2.45, 2.75) is 6.54 Å². The highest BCUT2D eigenvalue weighted by molar-refractivity contribution is 6.33. The third kappa shape index (κ3) is 2.63. The van der Waals surface area contributed by atoms with Crippen molar-refractivity contribution in [3.05, 3.63) is 47.8 Å². The van der Waals surface area contributed by atoms with Crippen LogP contribution in [0.25, 0.3) is 0 Å². The SMILES string of the molecule is Clc1ccncc1NCc1cncnc1. The molecule has 15 heavy (non-hydrogen) atoms. The molecule has 0 aliphatic carbocycles. The highest BCUT2D eigenvalue weighted by atomic mass is 35.5. The summed E-state index contributed by atoms with van der Waals surface area (Å²) < 4.78 is 0. The van der Waals surface area contributed by atoms with Gasteiger partial charge in [-0.3, -0.25) is 4.98 Å². The van der Waals surface area contributed by atoms with Gasteiger partial charge in [0.2, 0.25) is 0 Å². The Morgan fingerprint density at radius 3 is 2.67 bits per heavy atom. The van der Waals surface area contributed by atoms with Gasteiger partial charge in [0.05, 0.1) is 16.9 Å². The Bertz CT molecular complexity index is 432. The summed E-state index contributed by atoms with van der Waals surface area (Å²) in [5, 5.41) is 3.81. The van der Waals surface area contributed by atoms with Crippen LogP contribution < -0.4 is 5.32 Å². The van der Waals surface area contributed by atoms with E-state index in [4.69, 9.17) is 11.6 Å². The van der Waals surface area contributed by atoms with Gasteiger partial charge in [-0.05, 0) is 6.07 Å². The predicted molar refractivity (Wildman–Crippen MR) is 58.6 cm³/mol. The van der Waals surface area contributed by atoms with Gasteiger partial charge in [0.25, 0.3) is 0 Å². The Kier molecular flexibility index (Phi) is 3.09. The van der Waals surface area contributed by atoms with E-state index in [0.29, 0.717) is 11.6 Å². The molecule has 0 radical (unpaired) electrons. The van der Waals surface area contributed by atoms with Crippen molar-refractivity contribution in [1.29, 1.82) is 0 Å². The van der Waals surface area contributed by atoms with Crippen molar-refractivity contribution in [1.82, 2.24) is 15.0 Å². The zero-order valence-electron chi connectivity index (χ0n) is 7.89. The van der Waals surface area contributed by atoms with E-state index in [-0.39, 0.29) is 0 Å².